The molecular formula is C14H13N3O3S. The number of benzene rings is 1. The zero-order valence-electron chi connectivity index (χ0n) is 11.0. The molecule has 1 amide bonds. The van der Waals surface area contributed by atoms with Gasteiger partial charge in [0.2, 0.25) is 16.8 Å². The van der Waals surface area contributed by atoms with Crippen molar-refractivity contribution >= 4 is 28.3 Å². The molecule has 108 valence electrons. The van der Waals surface area contributed by atoms with Gasteiger partial charge in [-0.05, 0) is 35.7 Å². The third kappa shape index (κ3) is 2.87. The van der Waals surface area contributed by atoms with E-state index in [1.165, 1.54) is 0 Å². The Balaban J connectivity index is 2.05. The number of hydrogen-bond donors (Lipinski definition) is 3. The first-order chi connectivity index (χ1) is 10.1. The fourth-order valence-corrected chi connectivity index (χ4v) is 2.77. The molecular weight excluding hydrogens is 290 g/mol. The first-order valence-corrected chi connectivity index (χ1v) is 7.60. The Morgan fingerprint density at radius 3 is 2.86 bits per heavy atom. The second-order valence-corrected chi connectivity index (χ2v) is 5.42. The summed E-state index contributed by atoms with van der Waals surface area (Å²) in [5, 5.41) is 2.75. The van der Waals surface area contributed by atoms with Crippen LogP contribution < -0.4 is 10.0 Å². The van der Waals surface area contributed by atoms with Crippen LogP contribution in [0.3, 0.4) is 0 Å². The number of fused-ring (bicyclic) bond motifs is 1. The minimum Gasteiger partial charge on any atom is -0.310 e. The summed E-state index contributed by atoms with van der Waals surface area (Å²) in [5.74, 6) is 0.544. The third-order valence-electron chi connectivity index (χ3n) is 3.31. The molecule has 0 saturated carbocycles. The smallest absolute Gasteiger partial charge is 0.225 e. The van der Waals surface area contributed by atoms with Crippen molar-refractivity contribution in [3.63, 3.8) is 0 Å². The van der Waals surface area contributed by atoms with E-state index < -0.39 is 10.9 Å². The Hall–Kier alpha value is -2.41. The summed E-state index contributed by atoms with van der Waals surface area (Å²) in [6, 6.07) is 8.99. The fourth-order valence-electron chi connectivity index (χ4n) is 2.42. The summed E-state index contributed by atoms with van der Waals surface area (Å²) >= 11 is 0. The van der Waals surface area contributed by atoms with Crippen molar-refractivity contribution in [2.45, 2.75) is 12.8 Å². The molecule has 2 aromatic rings. The van der Waals surface area contributed by atoms with Crippen LogP contribution in [-0.4, -0.2) is 19.3 Å². The second-order valence-electron chi connectivity index (χ2n) is 4.68. The SMILES string of the molecule is O=C1CCc2c(-c3cccc(N[SH](=O)=O)c3)ccnc2N1. The summed E-state index contributed by atoms with van der Waals surface area (Å²) < 4.78 is 23.9. The number of carbonyl (C=O) groups excluding carboxylic acids is 1. The molecule has 0 radical (unpaired) electrons. The van der Waals surface area contributed by atoms with Crippen LogP contribution in [-0.2, 0) is 22.1 Å². The van der Waals surface area contributed by atoms with Crippen LogP contribution >= 0.6 is 0 Å². The highest BCUT2D eigenvalue weighted by Gasteiger charge is 2.19. The lowest BCUT2D eigenvalue weighted by molar-refractivity contribution is -0.116. The Labute approximate surface area is 123 Å². The standard InChI is InChI=1S/C14H13N3O3S/c18-13-5-4-12-11(6-7-15-14(12)16-13)9-2-1-3-10(8-9)17-21(19)20/h1-3,6-8,21H,4-5H2,(H,15,16,18)(H,17,19,20). The summed E-state index contributed by atoms with van der Waals surface area (Å²) in [6.45, 7) is 0. The summed E-state index contributed by atoms with van der Waals surface area (Å²) in [7, 11) is -2.69. The van der Waals surface area contributed by atoms with Gasteiger partial charge in [0.15, 0.2) is 0 Å². The molecule has 1 aromatic heterocycles. The van der Waals surface area contributed by atoms with Gasteiger partial charge >= 0.3 is 0 Å². The number of carbonyl (C=O) groups is 1. The molecule has 0 fully saturated rings. The number of hydrogen-bond acceptors (Lipinski definition) is 4. The van der Waals surface area contributed by atoms with Crippen LogP contribution in [0.1, 0.15) is 12.0 Å². The van der Waals surface area contributed by atoms with Gasteiger partial charge in [0.25, 0.3) is 0 Å². The Morgan fingerprint density at radius 1 is 1.19 bits per heavy atom. The normalized spacial score (nSPS) is 13.7. The molecule has 1 aliphatic heterocycles. The first-order valence-electron chi connectivity index (χ1n) is 6.43. The first kappa shape index (κ1) is 13.6. The molecule has 0 bridgehead atoms. The third-order valence-corrected chi connectivity index (χ3v) is 3.75. The Bertz CT molecular complexity index is 779. The fraction of sp³-hybridized carbons (Fsp3) is 0.143. The van der Waals surface area contributed by atoms with Gasteiger partial charge in [0.05, 0.1) is 0 Å². The van der Waals surface area contributed by atoms with Crippen LogP contribution in [0.5, 0.6) is 0 Å². The molecule has 6 nitrogen and oxygen atoms in total. The zero-order valence-corrected chi connectivity index (χ0v) is 11.9. The maximum Gasteiger partial charge on any atom is 0.225 e. The molecule has 0 unspecified atom stereocenters. The van der Waals surface area contributed by atoms with Crippen LogP contribution in [0.25, 0.3) is 11.1 Å². The van der Waals surface area contributed by atoms with Gasteiger partial charge in [0.1, 0.15) is 5.82 Å². The molecule has 2 N–H and O–H groups in total. The maximum atomic E-state index is 11.4. The molecule has 0 saturated heterocycles. The molecule has 3 rings (SSSR count). The molecule has 0 aliphatic carbocycles. The number of amides is 1. The van der Waals surface area contributed by atoms with Crippen molar-refractivity contribution in [2.24, 2.45) is 0 Å². The van der Waals surface area contributed by atoms with Crippen molar-refractivity contribution in [3.05, 3.63) is 42.1 Å². The zero-order chi connectivity index (χ0) is 14.8. The number of nitrogens with one attached hydrogen (secondary N) is 2. The van der Waals surface area contributed by atoms with Gasteiger partial charge in [-0.25, -0.2) is 13.4 Å². The van der Waals surface area contributed by atoms with Gasteiger partial charge in [-0.2, -0.15) is 0 Å². The number of thiol groups is 1. The lowest BCUT2D eigenvalue weighted by Crippen LogP contribution is -2.20. The molecule has 7 heteroatoms. The topological polar surface area (TPSA) is 88.2 Å². The van der Waals surface area contributed by atoms with Crippen molar-refractivity contribution < 1.29 is 13.2 Å². The van der Waals surface area contributed by atoms with E-state index in [0.717, 1.165) is 16.7 Å². The van der Waals surface area contributed by atoms with Gasteiger partial charge in [-0.1, -0.05) is 12.1 Å². The van der Waals surface area contributed by atoms with E-state index in [-0.39, 0.29) is 5.91 Å². The minimum absolute atomic E-state index is 0.0362. The lowest BCUT2D eigenvalue weighted by atomic mass is 9.95. The summed E-state index contributed by atoms with van der Waals surface area (Å²) in [5.41, 5.74) is 3.31. The quantitative estimate of drug-likeness (QED) is 0.751. The number of pyridine rings is 1. The largest absolute Gasteiger partial charge is 0.310 e. The highest BCUT2D eigenvalue weighted by Crippen LogP contribution is 2.32. The van der Waals surface area contributed by atoms with E-state index in [9.17, 15) is 13.2 Å². The molecule has 21 heavy (non-hydrogen) atoms. The number of aromatic nitrogens is 1. The van der Waals surface area contributed by atoms with Gasteiger partial charge in [-0.15, -0.1) is 0 Å². The van der Waals surface area contributed by atoms with Gasteiger partial charge in [0, 0.05) is 23.9 Å². The average Bonchev–Trinajstić information content (AvgIpc) is 2.46. The van der Waals surface area contributed by atoms with E-state index in [1.54, 1.807) is 24.4 Å². The number of anilines is 2. The lowest BCUT2D eigenvalue weighted by Gasteiger charge is -2.19. The van der Waals surface area contributed by atoms with Crippen molar-refractivity contribution in [1.29, 1.82) is 0 Å². The Kier molecular flexibility index (Phi) is 3.57. The summed E-state index contributed by atoms with van der Waals surface area (Å²) in [4.78, 5) is 15.6. The molecule has 2 heterocycles. The number of rotatable bonds is 3. The van der Waals surface area contributed by atoms with Crippen LogP contribution in [0.15, 0.2) is 36.5 Å². The Morgan fingerprint density at radius 2 is 2.05 bits per heavy atom. The van der Waals surface area contributed by atoms with Crippen LogP contribution in [0.2, 0.25) is 0 Å². The number of nitrogens with zero attached hydrogens (tertiary/aromatic N) is 1. The van der Waals surface area contributed by atoms with Crippen LogP contribution in [0, 0.1) is 0 Å². The molecule has 0 atom stereocenters. The predicted octanol–water partition coefficient (Wildman–Crippen LogP) is 1.57. The van der Waals surface area contributed by atoms with Crippen molar-refractivity contribution in [3.8, 4) is 11.1 Å². The minimum atomic E-state index is -2.69. The maximum absolute atomic E-state index is 11.4. The molecule has 1 aliphatic rings. The monoisotopic (exact) mass is 303 g/mol. The van der Waals surface area contributed by atoms with E-state index in [4.69, 9.17) is 0 Å². The van der Waals surface area contributed by atoms with Crippen molar-refractivity contribution in [2.75, 3.05) is 10.0 Å². The highest BCUT2D eigenvalue weighted by atomic mass is 32.2. The van der Waals surface area contributed by atoms with E-state index in [2.05, 4.69) is 15.0 Å². The van der Waals surface area contributed by atoms with Gasteiger partial charge < -0.3 is 5.32 Å². The van der Waals surface area contributed by atoms with E-state index in [0.29, 0.717) is 24.3 Å². The summed E-state index contributed by atoms with van der Waals surface area (Å²) in [6.07, 6.45) is 2.68. The van der Waals surface area contributed by atoms with Crippen LogP contribution in [0.4, 0.5) is 11.5 Å². The second kappa shape index (κ2) is 5.53. The molecule has 1 aromatic carbocycles. The van der Waals surface area contributed by atoms with Crippen molar-refractivity contribution in [1.82, 2.24) is 4.98 Å². The van der Waals surface area contributed by atoms with Gasteiger partial charge in [-0.3, -0.25) is 9.52 Å². The molecule has 0 spiro atoms. The predicted molar refractivity (Wildman–Crippen MR) is 80.6 cm³/mol. The van der Waals surface area contributed by atoms with E-state index >= 15 is 0 Å². The average molecular weight is 303 g/mol. The highest BCUT2D eigenvalue weighted by molar-refractivity contribution is 7.73. The van der Waals surface area contributed by atoms with E-state index in [1.807, 2.05) is 12.1 Å².